The van der Waals surface area contributed by atoms with E-state index in [4.69, 9.17) is 4.74 Å². The molecule has 1 atom stereocenters. The van der Waals surface area contributed by atoms with Crippen molar-refractivity contribution in [3.05, 3.63) is 29.8 Å². The highest BCUT2D eigenvalue weighted by Gasteiger charge is 2.33. The molecule has 0 spiro atoms. The van der Waals surface area contributed by atoms with Gasteiger partial charge in [-0.25, -0.2) is 13.8 Å². The van der Waals surface area contributed by atoms with Gasteiger partial charge >= 0.3 is 0 Å². The summed E-state index contributed by atoms with van der Waals surface area (Å²) in [5.41, 5.74) is 4.12. The maximum atomic E-state index is 12.0. The molecule has 1 saturated heterocycles. The molecular weight excluding hydrogens is 292 g/mol. The van der Waals surface area contributed by atoms with Crippen LogP contribution in [0.2, 0.25) is 0 Å². The average molecular weight is 308 g/mol. The number of fused-ring (bicyclic) bond motifs is 1. The highest BCUT2D eigenvalue weighted by Crippen LogP contribution is 2.24. The van der Waals surface area contributed by atoms with Crippen LogP contribution < -0.4 is 10.2 Å². The highest BCUT2D eigenvalue weighted by molar-refractivity contribution is 7.91. The predicted molar refractivity (Wildman–Crippen MR) is 78.0 cm³/mol. The van der Waals surface area contributed by atoms with Crippen LogP contribution in [0.25, 0.3) is 0 Å². The third kappa shape index (κ3) is 3.07. The first kappa shape index (κ1) is 14.1. The zero-order valence-corrected chi connectivity index (χ0v) is 12.2. The molecule has 112 valence electrons. The molecule has 1 fully saturated rings. The molecule has 0 aromatic heterocycles. The zero-order valence-electron chi connectivity index (χ0n) is 11.4. The van der Waals surface area contributed by atoms with Gasteiger partial charge in [0.25, 0.3) is 0 Å². The molecule has 1 amide bonds. The number of rotatable bonds is 2. The normalized spacial score (nSPS) is 25.1. The first-order valence-electron chi connectivity index (χ1n) is 6.84. The lowest BCUT2D eigenvalue weighted by Crippen LogP contribution is -2.29. The Morgan fingerprint density at radius 3 is 2.90 bits per heavy atom. The third-order valence-corrected chi connectivity index (χ3v) is 5.47. The second-order valence-corrected chi connectivity index (χ2v) is 7.46. The summed E-state index contributed by atoms with van der Waals surface area (Å²) in [5, 5.41) is 4.16. The van der Waals surface area contributed by atoms with Crippen LogP contribution in [-0.2, 0) is 14.6 Å². The fourth-order valence-corrected chi connectivity index (χ4v) is 4.30. The molecule has 0 aliphatic carbocycles. The quantitative estimate of drug-likeness (QED) is 0.816. The largest absolute Gasteiger partial charge is 0.492 e. The summed E-state index contributed by atoms with van der Waals surface area (Å²) in [6, 6.07) is 7.51. The maximum absolute atomic E-state index is 12.0. The van der Waals surface area contributed by atoms with Crippen LogP contribution in [0.3, 0.4) is 0 Å². The molecule has 0 unspecified atom stereocenters. The summed E-state index contributed by atoms with van der Waals surface area (Å²) >= 11 is 0. The Hall–Kier alpha value is -1.89. The first-order valence-corrected chi connectivity index (χ1v) is 8.66. The summed E-state index contributed by atoms with van der Waals surface area (Å²) in [5.74, 6) is -0.0657. The molecule has 2 aliphatic rings. The summed E-state index contributed by atoms with van der Waals surface area (Å²) in [4.78, 5) is 12.0. The van der Waals surface area contributed by atoms with E-state index in [1.807, 2.05) is 24.3 Å². The van der Waals surface area contributed by atoms with Gasteiger partial charge in [0.2, 0.25) is 5.91 Å². The number of hydrogen-bond donors (Lipinski definition) is 1. The van der Waals surface area contributed by atoms with Gasteiger partial charge < -0.3 is 4.74 Å². The van der Waals surface area contributed by atoms with Crippen molar-refractivity contribution < 1.29 is 17.9 Å². The van der Waals surface area contributed by atoms with Crippen molar-refractivity contribution in [3.63, 3.8) is 0 Å². The predicted octanol–water partition coefficient (Wildman–Crippen LogP) is 0.724. The van der Waals surface area contributed by atoms with E-state index in [0.29, 0.717) is 19.4 Å². The molecule has 0 saturated carbocycles. The molecule has 2 heterocycles. The topological polar surface area (TPSA) is 84.8 Å². The summed E-state index contributed by atoms with van der Waals surface area (Å²) in [6.45, 7) is 0.517. The number of carbonyl (C=O) groups excluding carboxylic acids is 1. The Morgan fingerprint density at radius 2 is 2.14 bits per heavy atom. The highest BCUT2D eigenvalue weighted by atomic mass is 32.2. The van der Waals surface area contributed by atoms with E-state index in [0.717, 1.165) is 17.0 Å². The molecule has 6 nitrogen and oxygen atoms in total. The zero-order chi connectivity index (χ0) is 14.9. The number of para-hydroxylation sites is 1. The van der Waals surface area contributed by atoms with Crippen molar-refractivity contribution >= 4 is 21.5 Å². The van der Waals surface area contributed by atoms with E-state index in [1.54, 1.807) is 0 Å². The lowest BCUT2D eigenvalue weighted by molar-refractivity contribution is -0.124. The van der Waals surface area contributed by atoms with Gasteiger partial charge in [0, 0.05) is 12.0 Å². The standard InChI is InChI=1S/C14H16N2O4S/c17-14(10-6-8-21(18,19)9-10)16-15-12-5-7-20-13-4-2-1-3-11(12)13/h1-4,10H,5-9H2,(H,16,17)/t10-/m1/s1. The Labute approximate surface area is 123 Å². The Morgan fingerprint density at radius 1 is 1.33 bits per heavy atom. The van der Waals surface area contributed by atoms with Crippen molar-refractivity contribution in [2.24, 2.45) is 11.0 Å². The minimum absolute atomic E-state index is 0.0800. The number of hydrazone groups is 1. The first-order chi connectivity index (χ1) is 10.1. The molecule has 1 aromatic carbocycles. The van der Waals surface area contributed by atoms with E-state index < -0.39 is 15.8 Å². The number of nitrogens with zero attached hydrogens (tertiary/aromatic N) is 1. The summed E-state index contributed by atoms with van der Waals surface area (Å²) in [6.07, 6.45) is 0.985. The van der Waals surface area contributed by atoms with Gasteiger partial charge in [-0.15, -0.1) is 0 Å². The minimum Gasteiger partial charge on any atom is -0.492 e. The third-order valence-electron chi connectivity index (χ3n) is 3.70. The van der Waals surface area contributed by atoms with E-state index in [-0.39, 0.29) is 17.4 Å². The van der Waals surface area contributed by atoms with Gasteiger partial charge in [0.15, 0.2) is 9.84 Å². The number of nitrogens with one attached hydrogen (secondary N) is 1. The molecule has 1 N–H and O–H groups in total. The SMILES string of the molecule is O=C(NN=C1CCOc2ccccc21)[C@@H]1CCS(=O)(=O)C1. The van der Waals surface area contributed by atoms with Crippen molar-refractivity contribution in [1.82, 2.24) is 5.43 Å². The summed E-state index contributed by atoms with van der Waals surface area (Å²) < 4.78 is 28.3. The fourth-order valence-electron chi connectivity index (χ4n) is 2.56. The molecule has 3 rings (SSSR count). The number of hydrogen-bond acceptors (Lipinski definition) is 5. The van der Waals surface area contributed by atoms with E-state index >= 15 is 0 Å². The number of carbonyl (C=O) groups is 1. The van der Waals surface area contributed by atoms with E-state index in [9.17, 15) is 13.2 Å². The maximum Gasteiger partial charge on any atom is 0.244 e. The van der Waals surface area contributed by atoms with Gasteiger partial charge in [0.1, 0.15) is 5.75 Å². The number of benzene rings is 1. The number of ether oxygens (including phenoxy) is 1. The van der Waals surface area contributed by atoms with Crippen LogP contribution in [0.15, 0.2) is 29.4 Å². The molecule has 7 heteroatoms. The minimum atomic E-state index is -3.06. The van der Waals surface area contributed by atoms with Crippen molar-refractivity contribution in [2.45, 2.75) is 12.8 Å². The van der Waals surface area contributed by atoms with Crippen LogP contribution in [0.5, 0.6) is 5.75 Å². The van der Waals surface area contributed by atoms with Crippen LogP contribution in [0, 0.1) is 5.92 Å². The van der Waals surface area contributed by atoms with Crippen molar-refractivity contribution in [3.8, 4) is 5.75 Å². The van der Waals surface area contributed by atoms with Crippen LogP contribution in [0.1, 0.15) is 18.4 Å². The van der Waals surface area contributed by atoms with Gasteiger partial charge in [-0.05, 0) is 18.6 Å². The average Bonchev–Trinajstić information content (AvgIpc) is 2.85. The van der Waals surface area contributed by atoms with Gasteiger partial charge in [-0.1, -0.05) is 12.1 Å². The fraction of sp³-hybridized carbons (Fsp3) is 0.429. The van der Waals surface area contributed by atoms with Crippen LogP contribution >= 0.6 is 0 Å². The Bertz CT molecular complexity index is 697. The molecule has 0 radical (unpaired) electrons. The van der Waals surface area contributed by atoms with E-state index in [1.165, 1.54) is 0 Å². The molecule has 21 heavy (non-hydrogen) atoms. The number of sulfone groups is 1. The monoisotopic (exact) mass is 308 g/mol. The number of amides is 1. The van der Waals surface area contributed by atoms with Gasteiger partial charge in [-0.3, -0.25) is 4.79 Å². The second-order valence-electron chi connectivity index (χ2n) is 5.23. The van der Waals surface area contributed by atoms with Crippen LogP contribution in [-0.4, -0.2) is 38.1 Å². The van der Waals surface area contributed by atoms with Crippen molar-refractivity contribution in [1.29, 1.82) is 0 Å². The molecule has 2 aliphatic heterocycles. The molecule has 1 aromatic rings. The smallest absolute Gasteiger partial charge is 0.244 e. The lowest BCUT2D eigenvalue weighted by Gasteiger charge is -2.18. The van der Waals surface area contributed by atoms with Crippen LogP contribution in [0.4, 0.5) is 0 Å². The van der Waals surface area contributed by atoms with Gasteiger partial charge in [-0.2, -0.15) is 5.10 Å². The Kier molecular flexibility index (Phi) is 3.67. The van der Waals surface area contributed by atoms with Gasteiger partial charge in [0.05, 0.1) is 29.7 Å². The van der Waals surface area contributed by atoms with Crippen molar-refractivity contribution in [2.75, 3.05) is 18.1 Å². The summed E-state index contributed by atoms with van der Waals surface area (Å²) in [7, 11) is -3.06. The lowest BCUT2D eigenvalue weighted by atomic mass is 10.0. The second kappa shape index (κ2) is 5.48. The molecule has 0 bridgehead atoms. The Balaban J connectivity index is 1.71. The molecular formula is C14H16N2O4S. The van der Waals surface area contributed by atoms with E-state index in [2.05, 4.69) is 10.5 Å².